The Bertz CT molecular complexity index is 788. The van der Waals surface area contributed by atoms with E-state index < -0.39 is 0 Å². The minimum Gasteiger partial charge on any atom is -0.492 e. The first-order valence-electron chi connectivity index (χ1n) is 9.45. The monoisotopic (exact) mass is 510 g/mol. The predicted molar refractivity (Wildman–Crippen MR) is 122 cm³/mol. The quantitative estimate of drug-likeness (QED) is 0.438. The van der Waals surface area contributed by atoms with Crippen LogP contribution in [-0.2, 0) is 11.8 Å². The van der Waals surface area contributed by atoms with Gasteiger partial charge in [0, 0.05) is 17.6 Å². The van der Waals surface area contributed by atoms with Gasteiger partial charge in [-0.25, -0.2) is 4.79 Å². The first-order valence-corrected chi connectivity index (χ1v) is 11.0. The summed E-state index contributed by atoms with van der Waals surface area (Å²) in [6.07, 6.45) is 1.53. The van der Waals surface area contributed by atoms with Gasteiger partial charge in [-0.2, -0.15) is 0 Å². The fourth-order valence-corrected chi connectivity index (χ4v) is 3.59. The molecule has 0 heterocycles. The third-order valence-electron chi connectivity index (χ3n) is 4.30. The number of nitrogens with one attached hydrogen (secondary N) is 2. The van der Waals surface area contributed by atoms with Gasteiger partial charge in [-0.15, -0.1) is 0 Å². The van der Waals surface area contributed by atoms with Gasteiger partial charge in [0.05, 0.1) is 11.1 Å². The molecule has 0 radical (unpaired) electrons. The smallest absolute Gasteiger partial charge is 0.314 e. The summed E-state index contributed by atoms with van der Waals surface area (Å²) in [6, 6.07) is 14.1. The van der Waals surface area contributed by atoms with Crippen LogP contribution in [0.4, 0.5) is 4.79 Å². The number of amides is 2. The van der Waals surface area contributed by atoms with Gasteiger partial charge in [0.2, 0.25) is 0 Å². The van der Waals surface area contributed by atoms with Gasteiger partial charge in [-0.1, -0.05) is 61.0 Å². The van der Waals surface area contributed by atoms with Crippen LogP contribution in [0.2, 0.25) is 0 Å². The Morgan fingerprint density at radius 2 is 1.71 bits per heavy atom. The molecule has 2 amide bonds. The first-order chi connectivity index (χ1) is 13.3. The highest BCUT2D eigenvalue weighted by Gasteiger charge is 2.15. The number of carbonyl (C=O) groups is 1. The lowest BCUT2D eigenvalue weighted by Gasteiger charge is -2.20. The fraction of sp³-hybridized carbons (Fsp3) is 0.409. The van der Waals surface area contributed by atoms with E-state index in [4.69, 9.17) is 4.74 Å². The highest BCUT2D eigenvalue weighted by atomic mass is 79.9. The molecule has 6 heteroatoms. The van der Waals surface area contributed by atoms with E-state index in [1.807, 2.05) is 30.3 Å². The van der Waals surface area contributed by atoms with Crippen molar-refractivity contribution in [3.63, 3.8) is 0 Å². The summed E-state index contributed by atoms with van der Waals surface area (Å²) in [4.78, 5) is 11.9. The molecule has 2 N–H and O–H groups in total. The van der Waals surface area contributed by atoms with Crippen molar-refractivity contribution in [2.75, 3.05) is 19.7 Å². The molecule has 2 aromatic carbocycles. The van der Waals surface area contributed by atoms with Gasteiger partial charge in [0.25, 0.3) is 0 Å². The maximum Gasteiger partial charge on any atom is 0.314 e. The normalized spacial score (nSPS) is 11.2. The molecule has 2 rings (SSSR count). The van der Waals surface area contributed by atoms with Crippen LogP contribution in [0.15, 0.2) is 51.4 Å². The van der Waals surface area contributed by atoms with Crippen LogP contribution in [0.1, 0.15) is 38.3 Å². The van der Waals surface area contributed by atoms with Crippen LogP contribution in [0.5, 0.6) is 5.75 Å². The first kappa shape index (κ1) is 22.8. The van der Waals surface area contributed by atoms with Crippen molar-refractivity contribution in [3.05, 3.63) is 62.5 Å². The van der Waals surface area contributed by atoms with Crippen LogP contribution in [0.25, 0.3) is 0 Å². The van der Waals surface area contributed by atoms with Crippen LogP contribution in [0, 0.1) is 0 Å². The molecule has 0 spiro atoms. The second kappa shape index (κ2) is 10.9. The molecule has 0 saturated heterocycles. The van der Waals surface area contributed by atoms with Gasteiger partial charge < -0.3 is 15.4 Å². The average Bonchev–Trinajstić information content (AvgIpc) is 2.63. The second-order valence-electron chi connectivity index (χ2n) is 7.62. The zero-order valence-electron chi connectivity index (χ0n) is 16.6. The Kier molecular flexibility index (Phi) is 8.83. The molecule has 0 unspecified atom stereocenters. The number of urea groups is 1. The van der Waals surface area contributed by atoms with E-state index in [2.05, 4.69) is 75.4 Å². The van der Waals surface area contributed by atoms with E-state index in [9.17, 15) is 4.79 Å². The number of halogens is 2. The van der Waals surface area contributed by atoms with Crippen molar-refractivity contribution >= 4 is 37.9 Å². The zero-order chi connectivity index (χ0) is 20.6. The van der Waals surface area contributed by atoms with E-state index in [-0.39, 0.29) is 11.4 Å². The van der Waals surface area contributed by atoms with Crippen molar-refractivity contribution in [3.8, 4) is 5.75 Å². The lowest BCUT2D eigenvalue weighted by Crippen LogP contribution is -2.37. The Morgan fingerprint density at radius 1 is 1.00 bits per heavy atom. The Labute approximate surface area is 184 Å². The van der Waals surface area contributed by atoms with Gasteiger partial charge in [-0.05, 0) is 63.5 Å². The molecule has 0 aliphatic rings. The van der Waals surface area contributed by atoms with Crippen LogP contribution < -0.4 is 15.4 Å². The van der Waals surface area contributed by atoms with Crippen molar-refractivity contribution < 1.29 is 9.53 Å². The number of benzene rings is 2. The molecule has 0 saturated carbocycles. The molecule has 0 aliphatic carbocycles. The van der Waals surface area contributed by atoms with Crippen LogP contribution >= 0.6 is 31.9 Å². The van der Waals surface area contributed by atoms with Gasteiger partial charge in [0.15, 0.2) is 0 Å². The van der Waals surface area contributed by atoms with E-state index in [0.29, 0.717) is 19.7 Å². The van der Waals surface area contributed by atoms with E-state index in [1.165, 1.54) is 11.1 Å². The average molecular weight is 512 g/mol. The molecule has 0 aromatic heterocycles. The van der Waals surface area contributed by atoms with E-state index >= 15 is 0 Å². The molecule has 2 aromatic rings. The van der Waals surface area contributed by atoms with Crippen LogP contribution in [0.3, 0.4) is 0 Å². The minimum atomic E-state index is -0.150. The van der Waals surface area contributed by atoms with Crippen molar-refractivity contribution in [2.24, 2.45) is 0 Å². The number of rotatable bonds is 8. The summed E-state index contributed by atoms with van der Waals surface area (Å²) in [5.74, 6) is 0.825. The highest BCUT2D eigenvalue weighted by molar-refractivity contribution is 9.10. The minimum absolute atomic E-state index is 0.106. The van der Waals surface area contributed by atoms with Crippen molar-refractivity contribution in [1.82, 2.24) is 10.6 Å². The molecule has 4 nitrogen and oxygen atoms in total. The summed E-state index contributed by atoms with van der Waals surface area (Å²) < 4.78 is 7.84. The SMILES string of the molecule is CC(C)(C)c1ccc(OCCCNC(=O)NCCc2ccccc2Br)c(Br)c1. The highest BCUT2D eigenvalue weighted by Crippen LogP contribution is 2.31. The predicted octanol–water partition coefficient (Wildman–Crippen LogP) is 5.82. The summed E-state index contributed by atoms with van der Waals surface area (Å²) in [7, 11) is 0. The third kappa shape index (κ3) is 7.47. The zero-order valence-corrected chi connectivity index (χ0v) is 19.8. The summed E-state index contributed by atoms with van der Waals surface area (Å²) in [5, 5.41) is 5.74. The third-order valence-corrected chi connectivity index (χ3v) is 5.69. The molecule has 28 heavy (non-hydrogen) atoms. The molecule has 0 aliphatic heterocycles. The molecule has 0 bridgehead atoms. The van der Waals surface area contributed by atoms with Gasteiger partial charge >= 0.3 is 6.03 Å². The number of hydrogen-bond acceptors (Lipinski definition) is 2. The van der Waals surface area contributed by atoms with Crippen LogP contribution in [-0.4, -0.2) is 25.7 Å². The maximum atomic E-state index is 11.9. The summed E-state index contributed by atoms with van der Waals surface area (Å²) >= 11 is 7.09. The number of hydrogen-bond donors (Lipinski definition) is 2. The molecular formula is C22H28Br2N2O2. The molecule has 152 valence electrons. The van der Waals surface area contributed by atoms with Gasteiger partial charge in [0.1, 0.15) is 5.75 Å². The second-order valence-corrected chi connectivity index (χ2v) is 9.33. The maximum absolute atomic E-state index is 11.9. The standard InChI is InChI=1S/C22H28Br2N2O2/c1-22(2,3)17-9-10-20(19(24)15-17)28-14-6-12-25-21(27)26-13-11-16-7-4-5-8-18(16)23/h4-5,7-10,15H,6,11-14H2,1-3H3,(H2,25,26,27). The van der Waals surface area contributed by atoms with Crippen molar-refractivity contribution in [2.45, 2.75) is 39.0 Å². The molecule has 0 fully saturated rings. The topological polar surface area (TPSA) is 50.4 Å². The number of carbonyl (C=O) groups excluding carboxylic acids is 1. The van der Waals surface area contributed by atoms with E-state index in [1.54, 1.807) is 0 Å². The number of ether oxygens (including phenoxy) is 1. The van der Waals surface area contributed by atoms with E-state index in [0.717, 1.165) is 27.5 Å². The van der Waals surface area contributed by atoms with Crippen molar-refractivity contribution in [1.29, 1.82) is 0 Å². The largest absolute Gasteiger partial charge is 0.492 e. The summed E-state index contributed by atoms with van der Waals surface area (Å²) in [6.45, 7) is 8.27. The Hall–Kier alpha value is -1.53. The Balaban J connectivity index is 1.62. The molecular weight excluding hydrogens is 484 g/mol. The van der Waals surface area contributed by atoms with Gasteiger partial charge in [-0.3, -0.25) is 0 Å². The Morgan fingerprint density at radius 3 is 2.39 bits per heavy atom. The molecule has 0 atom stereocenters. The summed E-state index contributed by atoms with van der Waals surface area (Å²) in [5.41, 5.74) is 2.54. The lowest BCUT2D eigenvalue weighted by molar-refractivity contribution is 0.239. The fourth-order valence-electron chi connectivity index (χ4n) is 2.61. The lowest BCUT2D eigenvalue weighted by atomic mass is 9.87.